The van der Waals surface area contributed by atoms with E-state index in [9.17, 15) is 16.8 Å². The quantitative estimate of drug-likeness (QED) is 0.0619. The van der Waals surface area contributed by atoms with E-state index in [0.29, 0.717) is 57.7 Å². The highest BCUT2D eigenvalue weighted by atomic mass is 32.2. The van der Waals surface area contributed by atoms with Gasteiger partial charge in [0.25, 0.3) is 20.2 Å². The van der Waals surface area contributed by atoms with E-state index in [0.717, 1.165) is 14.2 Å². The normalized spacial score (nSPS) is 13.7. The smallest absolute Gasteiger partial charge is 0.297 e. The van der Waals surface area contributed by atoms with Crippen molar-refractivity contribution in [1.82, 2.24) is 29.9 Å². The minimum absolute atomic E-state index is 0.0288. The zero-order valence-electron chi connectivity index (χ0n) is 28.4. The van der Waals surface area contributed by atoms with Crippen LogP contribution in [-0.4, -0.2) is 107 Å². The fourth-order valence-corrected chi connectivity index (χ4v) is 6.55. The van der Waals surface area contributed by atoms with Crippen LogP contribution >= 0.6 is 0 Å². The summed E-state index contributed by atoms with van der Waals surface area (Å²) in [5, 5.41) is 8.87. The molecule has 0 atom stereocenters. The maximum absolute atomic E-state index is 13.1. The third-order valence-electron chi connectivity index (χ3n) is 7.28. The molecule has 0 radical (unpaired) electrons. The Morgan fingerprint density at radius 1 is 0.769 bits per heavy atom. The number of ether oxygens (including phenoxy) is 2. The molecule has 22 heteroatoms. The number of morpholine rings is 1. The molecule has 2 aromatic carbocycles. The van der Waals surface area contributed by atoms with Crippen LogP contribution in [0.4, 0.5) is 47.1 Å². The first-order valence-electron chi connectivity index (χ1n) is 15.7. The largest absolute Gasteiger partial charge is 0.380 e. The van der Waals surface area contributed by atoms with E-state index in [1.165, 1.54) is 36.4 Å². The standard InChI is InChI=1S/C30H38N12O8S2/c1-4-49-14-11-33-27-36-25(31)37-28(40-27)34-21-9-7-19(23(17-21)51(43,44)47-2)5-6-20-8-10-22(18-24(20)52(45,46)48-3)35-29-38-26(32)39-30(41-29)42-12-15-50-16-13-42/h5-10,17-18H,4,11-16H2,1-3H3,(H3,32,35,38,39,41)(H4,31,33,34,36,37,40)/b6-5+. The molecular formula is C30H38N12O8S2. The van der Waals surface area contributed by atoms with Crippen molar-refractivity contribution < 1.29 is 34.7 Å². The van der Waals surface area contributed by atoms with Crippen molar-refractivity contribution >= 4 is 79.5 Å². The van der Waals surface area contributed by atoms with Crippen molar-refractivity contribution in [1.29, 1.82) is 0 Å². The van der Waals surface area contributed by atoms with Crippen LogP contribution in [0.2, 0.25) is 0 Å². The summed E-state index contributed by atoms with van der Waals surface area (Å²) >= 11 is 0. The number of nitrogens with zero attached hydrogens (tertiary/aromatic N) is 7. The van der Waals surface area contributed by atoms with E-state index in [-0.39, 0.29) is 56.3 Å². The van der Waals surface area contributed by atoms with E-state index in [1.807, 2.05) is 11.8 Å². The van der Waals surface area contributed by atoms with Crippen molar-refractivity contribution in [2.75, 3.05) is 92.6 Å². The van der Waals surface area contributed by atoms with Gasteiger partial charge in [-0.1, -0.05) is 24.3 Å². The molecule has 2 aromatic heterocycles. The van der Waals surface area contributed by atoms with E-state index >= 15 is 0 Å². The van der Waals surface area contributed by atoms with Crippen molar-refractivity contribution in [3.63, 3.8) is 0 Å². The SMILES string of the molecule is CCOCCNc1nc(N)nc(Nc2ccc(/C=C/c3ccc(Nc4nc(N)nc(N5CCOCC5)n4)cc3S(=O)(=O)OC)c(S(=O)(=O)OC)c2)n1. The maximum Gasteiger partial charge on any atom is 0.297 e. The molecule has 0 amide bonds. The minimum Gasteiger partial charge on any atom is -0.380 e. The molecule has 4 aromatic rings. The number of anilines is 8. The number of hydrogen-bond acceptors (Lipinski definition) is 20. The Labute approximate surface area is 300 Å². The van der Waals surface area contributed by atoms with Gasteiger partial charge in [-0.3, -0.25) is 8.37 Å². The Hall–Kier alpha value is -5.26. The monoisotopic (exact) mass is 758 g/mol. The Balaban J connectivity index is 1.43. The average Bonchev–Trinajstić information content (AvgIpc) is 3.13. The van der Waals surface area contributed by atoms with Crippen molar-refractivity contribution in [2.45, 2.75) is 16.7 Å². The summed E-state index contributed by atoms with van der Waals surface area (Å²) in [4.78, 5) is 26.6. The first kappa shape index (κ1) is 38.0. The molecule has 20 nitrogen and oxygen atoms in total. The molecule has 7 N–H and O–H groups in total. The van der Waals surface area contributed by atoms with Gasteiger partial charge >= 0.3 is 0 Å². The molecule has 1 aliphatic rings. The molecule has 0 saturated carbocycles. The topological polar surface area (TPSA) is 274 Å². The molecule has 278 valence electrons. The van der Waals surface area contributed by atoms with Gasteiger partial charge in [-0.25, -0.2) is 0 Å². The summed E-state index contributed by atoms with van der Waals surface area (Å²) in [7, 11) is -6.49. The van der Waals surface area contributed by atoms with Crippen LogP contribution in [0.3, 0.4) is 0 Å². The molecule has 3 heterocycles. The van der Waals surface area contributed by atoms with Crippen LogP contribution in [0.5, 0.6) is 0 Å². The van der Waals surface area contributed by atoms with Gasteiger partial charge < -0.3 is 41.8 Å². The van der Waals surface area contributed by atoms with Crippen LogP contribution in [0, 0.1) is 0 Å². The molecule has 0 bridgehead atoms. The predicted molar refractivity (Wildman–Crippen MR) is 193 cm³/mol. The van der Waals surface area contributed by atoms with Gasteiger partial charge in [0.2, 0.25) is 35.7 Å². The summed E-state index contributed by atoms with van der Waals surface area (Å²) in [6.07, 6.45) is 2.85. The molecule has 0 unspecified atom stereocenters. The molecule has 0 aliphatic carbocycles. The zero-order valence-corrected chi connectivity index (χ0v) is 30.1. The minimum atomic E-state index is -4.27. The van der Waals surface area contributed by atoms with Gasteiger partial charge in [0, 0.05) is 37.6 Å². The third kappa shape index (κ3) is 9.74. The summed E-state index contributed by atoms with van der Waals surface area (Å²) < 4.78 is 72.5. The maximum atomic E-state index is 13.1. The van der Waals surface area contributed by atoms with Gasteiger partial charge in [-0.2, -0.15) is 46.7 Å². The summed E-state index contributed by atoms with van der Waals surface area (Å²) in [5.41, 5.74) is 12.7. The number of aromatic nitrogens is 6. The lowest BCUT2D eigenvalue weighted by molar-refractivity contribution is 0.122. The lowest BCUT2D eigenvalue weighted by Crippen LogP contribution is -2.37. The highest BCUT2D eigenvalue weighted by Crippen LogP contribution is 2.29. The second-order valence-electron chi connectivity index (χ2n) is 10.7. The Morgan fingerprint density at radius 3 is 1.83 bits per heavy atom. The lowest BCUT2D eigenvalue weighted by atomic mass is 10.1. The molecule has 5 rings (SSSR count). The highest BCUT2D eigenvalue weighted by Gasteiger charge is 2.22. The van der Waals surface area contributed by atoms with E-state index in [2.05, 4.69) is 45.9 Å². The van der Waals surface area contributed by atoms with Crippen molar-refractivity contribution in [3.8, 4) is 0 Å². The Morgan fingerprint density at radius 2 is 1.29 bits per heavy atom. The van der Waals surface area contributed by atoms with Gasteiger partial charge in [0.05, 0.1) is 34.0 Å². The van der Waals surface area contributed by atoms with Gasteiger partial charge in [-0.15, -0.1) is 0 Å². The summed E-state index contributed by atoms with van der Waals surface area (Å²) in [6.45, 7) is 5.42. The van der Waals surface area contributed by atoms with Gasteiger partial charge in [0.1, 0.15) is 9.79 Å². The molecule has 1 fully saturated rings. The fourth-order valence-electron chi connectivity index (χ4n) is 4.80. The summed E-state index contributed by atoms with van der Waals surface area (Å²) in [5.74, 6) is 0.582. The average molecular weight is 759 g/mol. The van der Waals surface area contributed by atoms with Gasteiger partial charge in [0.15, 0.2) is 0 Å². The van der Waals surface area contributed by atoms with Crippen LogP contribution in [0.15, 0.2) is 46.2 Å². The molecule has 1 aliphatic heterocycles. The summed E-state index contributed by atoms with van der Waals surface area (Å²) in [6, 6.07) is 8.79. The fraction of sp³-hybridized carbons (Fsp3) is 0.333. The molecule has 1 saturated heterocycles. The van der Waals surface area contributed by atoms with Gasteiger partial charge in [-0.05, 0) is 42.3 Å². The van der Waals surface area contributed by atoms with Crippen molar-refractivity contribution in [2.24, 2.45) is 0 Å². The zero-order chi connectivity index (χ0) is 37.3. The first-order chi connectivity index (χ1) is 24.9. The second kappa shape index (κ2) is 16.8. The third-order valence-corrected chi connectivity index (χ3v) is 9.94. The number of nitrogen functional groups attached to an aromatic ring is 2. The number of rotatable bonds is 16. The number of benzene rings is 2. The van der Waals surface area contributed by atoms with Crippen LogP contribution < -0.4 is 32.3 Å². The molecular weight excluding hydrogens is 721 g/mol. The number of nitrogens with one attached hydrogen (secondary N) is 3. The van der Waals surface area contributed by atoms with E-state index in [1.54, 1.807) is 12.1 Å². The molecule has 0 spiro atoms. The van der Waals surface area contributed by atoms with Crippen LogP contribution in [0.1, 0.15) is 18.1 Å². The Bertz CT molecular complexity index is 2130. The van der Waals surface area contributed by atoms with E-state index < -0.39 is 20.2 Å². The number of hydrogen-bond donors (Lipinski definition) is 5. The first-order valence-corrected chi connectivity index (χ1v) is 18.5. The Kier molecular flexibility index (Phi) is 12.3. The predicted octanol–water partition coefficient (Wildman–Crippen LogP) is 1.83. The van der Waals surface area contributed by atoms with Crippen molar-refractivity contribution in [3.05, 3.63) is 47.5 Å². The van der Waals surface area contributed by atoms with Crippen LogP contribution in [-0.2, 0) is 38.1 Å². The highest BCUT2D eigenvalue weighted by molar-refractivity contribution is 7.87. The lowest BCUT2D eigenvalue weighted by Gasteiger charge is -2.26. The number of nitrogens with two attached hydrogens (primary N) is 2. The van der Waals surface area contributed by atoms with Crippen LogP contribution in [0.25, 0.3) is 12.2 Å². The molecule has 52 heavy (non-hydrogen) atoms. The second-order valence-corrected chi connectivity index (χ2v) is 14.1. The van der Waals surface area contributed by atoms with E-state index in [4.69, 9.17) is 29.3 Å².